The lowest BCUT2D eigenvalue weighted by atomic mass is 10.0. The van der Waals surface area contributed by atoms with E-state index in [-0.39, 0.29) is 5.41 Å². The van der Waals surface area contributed by atoms with Gasteiger partial charge in [-0.25, -0.2) is 0 Å². The zero-order valence-corrected chi connectivity index (χ0v) is 7.38. The lowest BCUT2D eigenvalue weighted by Gasteiger charge is -2.03. The molecule has 1 heterocycles. The molecule has 0 atom stereocenters. The van der Waals surface area contributed by atoms with E-state index >= 15 is 0 Å². The summed E-state index contributed by atoms with van der Waals surface area (Å²) < 4.78 is 0. The van der Waals surface area contributed by atoms with Crippen molar-refractivity contribution in [3.05, 3.63) is 24.0 Å². The molecule has 1 aliphatic carbocycles. The van der Waals surface area contributed by atoms with E-state index in [0.717, 1.165) is 23.4 Å². The van der Waals surface area contributed by atoms with Crippen LogP contribution in [0.1, 0.15) is 18.5 Å². The van der Waals surface area contributed by atoms with Crippen LogP contribution in [0.4, 0.5) is 0 Å². The Kier molecular flexibility index (Phi) is 1.59. The minimum absolute atomic E-state index is 0.262. The van der Waals surface area contributed by atoms with Crippen LogP contribution in [0.3, 0.4) is 0 Å². The minimum Gasteiger partial charge on any atom is -0.258 e. The third-order valence-electron chi connectivity index (χ3n) is 2.20. The third-order valence-corrected chi connectivity index (χ3v) is 2.47. The number of nitrogens with zero attached hydrogens (tertiary/aromatic N) is 2. The van der Waals surface area contributed by atoms with E-state index in [4.69, 9.17) is 5.26 Å². The van der Waals surface area contributed by atoms with Gasteiger partial charge in [-0.15, -0.1) is 12.6 Å². The van der Waals surface area contributed by atoms with Crippen LogP contribution in [0, 0.1) is 11.3 Å². The van der Waals surface area contributed by atoms with Gasteiger partial charge in [0.2, 0.25) is 0 Å². The van der Waals surface area contributed by atoms with E-state index in [1.807, 2.05) is 12.1 Å². The molecule has 1 aromatic heterocycles. The van der Waals surface area contributed by atoms with E-state index in [1.54, 1.807) is 6.20 Å². The predicted molar refractivity (Wildman–Crippen MR) is 48.0 cm³/mol. The van der Waals surface area contributed by atoms with Crippen LogP contribution in [0.2, 0.25) is 0 Å². The van der Waals surface area contributed by atoms with Crippen molar-refractivity contribution in [2.75, 3.05) is 0 Å². The second-order valence-electron chi connectivity index (χ2n) is 3.10. The molecule has 1 saturated carbocycles. The molecular formula is C9H8N2S. The van der Waals surface area contributed by atoms with Crippen molar-refractivity contribution >= 4 is 12.6 Å². The summed E-state index contributed by atoms with van der Waals surface area (Å²) in [5, 5.41) is 8.87. The summed E-state index contributed by atoms with van der Waals surface area (Å²) in [6.07, 6.45) is 3.58. The zero-order chi connectivity index (χ0) is 8.60. The van der Waals surface area contributed by atoms with E-state index < -0.39 is 0 Å². The fourth-order valence-corrected chi connectivity index (χ4v) is 1.35. The van der Waals surface area contributed by atoms with Crippen LogP contribution >= 0.6 is 12.6 Å². The second kappa shape index (κ2) is 2.49. The summed E-state index contributed by atoms with van der Waals surface area (Å²) in [6.45, 7) is 0. The van der Waals surface area contributed by atoms with E-state index in [1.165, 1.54) is 0 Å². The number of hydrogen-bond donors (Lipinski definition) is 1. The molecule has 2 nitrogen and oxygen atoms in total. The van der Waals surface area contributed by atoms with Gasteiger partial charge in [0.25, 0.3) is 0 Å². The Morgan fingerprint density at radius 1 is 1.50 bits per heavy atom. The smallest absolute Gasteiger partial charge is 0.0994 e. The first-order chi connectivity index (χ1) is 5.77. The van der Waals surface area contributed by atoms with Gasteiger partial charge in [-0.3, -0.25) is 4.98 Å². The molecule has 0 bridgehead atoms. The highest BCUT2D eigenvalue weighted by Gasteiger charge is 2.46. The Morgan fingerprint density at radius 2 is 2.25 bits per heavy atom. The van der Waals surface area contributed by atoms with Gasteiger partial charge in [-0.05, 0) is 25.0 Å². The average Bonchev–Trinajstić information content (AvgIpc) is 2.86. The van der Waals surface area contributed by atoms with Crippen LogP contribution in [-0.2, 0) is 5.41 Å². The Labute approximate surface area is 76.7 Å². The summed E-state index contributed by atoms with van der Waals surface area (Å²) >= 11 is 4.13. The van der Waals surface area contributed by atoms with Crippen molar-refractivity contribution in [3.63, 3.8) is 0 Å². The van der Waals surface area contributed by atoms with Crippen LogP contribution in [0.15, 0.2) is 23.2 Å². The third kappa shape index (κ3) is 1.09. The van der Waals surface area contributed by atoms with Gasteiger partial charge in [-0.1, -0.05) is 0 Å². The first kappa shape index (κ1) is 7.63. The molecule has 0 aromatic carbocycles. The van der Waals surface area contributed by atoms with Gasteiger partial charge in [0, 0.05) is 11.1 Å². The fourth-order valence-electron chi connectivity index (χ4n) is 1.22. The molecule has 1 fully saturated rings. The van der Waals surface area contributed by atoms with Crippen LogP contribution in [0.5, 0.6) is 0 Å². The molecule has 0 spiro atoms. The summed E-state index contributed by atoms with van der Waals surface area (Å²) in [7, 11) is 0. The average molecular weight is 176 g/mol. The molecule has 0 saturated heterocycles. The van der Waals surface area contributed by atoms with Gasteiger partial charge in [0.05, 0.1) is 17.2 Å². The lowest BCUT2D eigenvalue weighted by Crippen LogP contribution is -2.04. The molecule has 60 valence electrons. The highest BCUT2D eigenvalue weighted by atomic mass is 32.1. The maximum Gasteiger partial charge on any atom is 0.0994 e. The van der Waals surface area contributed by atoms with Gasteiger partial charge in [-0.2, -0.15) is 5.26 Å². The monoisotopic (exact) mass is 176 g/mol. The summed E-state index contributed by atoms with van der Waals surface area (Å²) in [5.41, 5.74) is 0.629. The Bertz CT molecular complexity index is 333. The molecule has 0 amide bonds. The van der Waals surface area contributed by atoms with Crippen LogP contribution in [0.25, 0.3) is 0 Å². The Morgan fingerprint density at radius 3 is 2.67 bits per heavy atom. The van der Waals surface area contributed by atoms with Gasteiger partial charge >= 0.3 is 0 Å². The van der Waals surface area contributed by atoms with Gasteiger partial charge < -0.3 is 0 Å². The van der Waals surface area contributed by atoms with E-state index in [0.29, 0.717) is 0 Å². The molecule has 0 N–H and O–H groups in total. The molecule has 0 unspecified atom stereocenters. The molecular weight excluding hydrogens is 168 g/mol. The van der Waals surface area contributed by atoms with E-state index in [2.05, 4.69) is 23.7 Å². The van der Waals surface area contributed by atoms with Gasteiger partial charge in [0.1, 0.15) is 0 Å². The van der Waals surface area contributed by atoms with Crippen molar-refractivity contribution < 1.29 is 0 Å². The number of rotatable bonds is 1. The summed E-state index contributed by atoms with van der Waals surface area (Å²) in [4.78, 5) is 5.02. The maximum atomic E-state index is 8.87. The normalized spacial score (nSPS) is 18.3. The predicted octanol–water partition coefficient (Wildman–Crippen LogP) is 1.93. The van der Waals surface area contributed by atoms with Crippen LogP contribution < -0.4 is 0 Å². The summed E-state index contributed by atoms with van der Waals surface area (Å²) in [5.74, 6) is 0. The van der Waals surface area contributed by atoms with Crippen molar-refractivity contribution in [1.82, 2.24) is 4.98 Å². The quantitative estimate of drug-likeness (QED) is 0.664. The standard InChI is InChI=1S/C9H8N2S/c10-6-9(3-4-9)8-2-1-7(12)5-11-8/h1-2,5,12H,3-4H2. The molecule has 0 aliphatic heterocycles. The first-order valence-corrected chi connectivity index (χ1v) is 4.28. The van der Waals surface area contributed by atoms with Gasteiger partial charge in [0.15, 0.2) is 0 Å². The maximum absolute atomic E-state index is 8.87. The Hall–Kier alpha value is -1.01. The van der Waals surface area contributed by atoms with Crippen molar-refractivity contribution in [1.29, 1.82) is 5.26 Å². The Balaban J connectivity index is 2.37. The largest absolute Gasteiger partial charge is 0.258 e. The molecule has 1 aromatic rings. The molecule has 0 radical (unpaired) electrons. The summed E-state index contributed by atoms with van der Waals surface area (Å²) in [6, 6.07) is 6.07. The van der Waals surface area contributed by atoms with Crippen molar-refractivity contribution in [2.24, 2.45) is 0 Å². The SMILES string of the molecule is N#CC1(c2ccc(S)cn2)CC1. The topological polar surface area (TPSA) is 36.7 Å². The van der Waals surface area contributed by atoms with Crippen molar-refractivity contribution in [3.8, 4) is 6.07 Å². The van der Waals surface area contributed by atoms with Crippen molar-refractivity contribution in [2.45, 2.75) is 23.2 Å². The number of aromatic nitrogens is 1. The number of thiol groups is 1. The van der Waals surface area contributed by atoms with E-state index in [9.17, 15) is 0 Å². The number of pyridine rings is 1. The van der Waals surface area contributed by atoms with Crippen LogP contribution in [-0.4, -0.2) is 4.98 Å². The second-order valence-corrected chi connectivity index (χ2v) is 3.61. The minimum atomic E-state index is -0.262. The number of hydrogen-bond acceptors (Lipinski definition) is 3. The fraction of sp³-hybridized carbons (Fsp3) is 0.333. The number of nitriles is 1. The molecule has 3 heteroatoms. The molecule has 2 rings (SSSR count). The zero-order valence-electron chi connectivity index (χ0n) is 6.49. The lowest BCUT2D eigenvalue weighted by molar-refractivity contribution is 0.848. The molecule has 12 heavy (non-hydrogen) atoms. The highest BCUT2D eigenvalue weighted by Crippen LogP contribution is 2.46. The molecule has 1 aliphatic rings. The first-order valence-electron chi connectivity index (χ1n) is 3.84. The highest BCUT2D eigenvalue weighted by molar-refractivity contribution is 7.80.